The lowest BCUT2D eigenvalue weighted by atomic mass is 10.0. The molecule has 3 rings (SSSR count). The van der Waals surface area contributed by atoms with Crippen LogP contribution in [0.4, 0.5) is 19.0 Å². The largest absolute Gasteiger partial charge is 0.410 e. The Morgan fingerprint density at radius 3 is 2.91 bits per heavy atom. The van der Waals surface area contributed by atoms with Gasteiger partial charge in [-0.25, -0.2) is 10.5 Å². The summed E-state index contributed by atoms with van der Waals surface area (Å²) in [6.45, 7) is 0. The van der Waals surface area contributed by atoms with E-state index in [0.29, 0.717) is 0 Å². The van der Waals surface area contributed by atoms with Crippen molar-refractivity contribution in [2.45, 2.75) is 24.7 Å². The lowest BCUT2D eigenvalue weighted by molar-refractivity contribution is -0.173. The van der Waals surface area contributed by atoms with Crippen LogP contribution < -0.4 is 16.6 Å². The molecule has 6 nitrogen and oxygen atoms in total. The molecule has 0 aliphatic carbocycles. The van der Waals surface area contributed by atoms with Gasteiger partial charge in [0.05, 0.1) is 6.04 Å². The molecular weight excluding hydrogens is 319 g/mol. The van der Waals surface area contributed by atoms with Gasteiger partial charge in [0.15, 0.2) is 11.7 Å². The van der Waals surface area contributed by atoms with Gasteiger partial charge in [0, 0.05) is 17.4 Å². The molecule has 10 heteroatoms. The fourth-order valence-corrected chi connectivity index (χ4v) is 3.23. The lowest BCUT2D eigenvalue weighted by Crippen LogP contribution is -2.35. The monoisotopic (exact) mass is 331 g/mol. The van der Waals surface area contributed by atoms with Crippen LogP contribution in [0.2, 0.25) is 0 Å². The number of carbonyl (C=O) groups excluding carboxylic acids is 1. The molecule has 3 heterocycles. The van der Waals surface area contributed by atoms with Crippen LogP contribution in [0.3, 0.4) is 0 Å². The number of fused-ring (bicyclic) bond motifs is 1. The van der Waals surface area contributed by atoms with Crippen molar-refractivity contribution < 1.29 is 18.0 Å². The van der Waals surface area contributed by atoms with Gasteiger partial charge in [0.25, 0.3) is 5.91 Å². The number of nitrogens with zero attached hydrogens (tertiary/aromatic N) is 2. The van der Waals surface area contributed by atoms with E-state index in [1.165, 1.54) is 17.4 Å². The van der Waals surface area contributed by atoms with E-state index in [4.69, 9.17) is 5.84 Å². The summed E-state index contributed by atoms with van der Waals surface area (Å²) < 4.78 is 40.8. The zero-order chi connectivity index (χ0) is 15.9. The molecule has 0 aromatic carbocycles. The second-order valence-corrected chi connectivity index (χ2v) is 5.82. The summed E-state index contributed by atoms with van der Waals surface area (Å²) in [6.07, 6.45) is -4.66. The Kier molecular flexibility index (Phi) is 3.57. The first-order valence-electron chi connectivity index (χ1n) is 6.37. The highest BCUT2D eigenvalue weighted by atomic mass is 32.1. The Morgan fingerprint density at radius 2 is 2.32 bits per heavy atom. The van der Waals surface area contributed by atoms with Crippen LogP contribution in [0, 0.1) is 0 Å². The highest BCUT2D eigenvalue weighted by Crippen LogP contribution is 2.44. The van der Waals surface area contributed by atoms with E-state index in [1.54, 1.807) is 17.5 Å². The molecule has 0 radical (unpaired) electrons. The van der Waals surface area contributed by atoms with Crippen molar-refractivity contribution >= 4 is 23.1 Å². The summed E-state index contributed by atoms with van der Waals surface area (Å²) >= 11 is 1.38. The minimum absolute atomic E-state index is 0.144. The van der Waals surface area contributed by atoms with Crippen LogP contribution in [0.5, 0.6) is 0 Å². The SMILES string of the molecule is NNC(=O)c1cc2n(n1)[C@H](C(F)(F)F)C[C@@H](c1cccs1)N2. The third kappa shape index (κ3) is 2.55. The lowest BCUT2D eigenvalue weighted by Gasteiger charge is -2.32. The smallest absolute Gasteiger partial charge is 0.363 e. The highest BCUT2D eigenvalue weighted by molar-refractivity contribution is 7.10. The standard InChI is InChI=1S/C12H12F3N5OS/c13-12(14,15)9-4-6(8-2-1-3-22-8)17-10-5-7(11(21)18-16)19-20(9)10/h1-3,5-6,9,17H,4,16H2,(H,18,21)/t6-,9-/m0/s1. The molecule has 22 heavy (non-hydrogen) atoms. The van der Waals surface area contributed by atoms with Gasteiger partial charge in [-0.05, 0) is 11.4 Å². The second-order valence-electron chi connectivity index (χ2n) is 4.84. The topological polar surface area (TPSA) is 85.0 Å². The number of hydrogen-bond donors (Lipinski definition) is 3. The number of nitrogen functional groups attached to an aromatic ring is 1. The Bertz CT molecular complexity index is 681. The van der Waals surface area contributed by atoms with Gasteiger partial charge in [-0.3, -0.25) is 10.2 Å². The molecular formula is C12H12F3N5OS. The minimum Gasteiger partial charge on any atom is -0.363 e. The van der Waals surface area contributed by atoms with Crippen LogP contribution in [0.15, 0.2) is 23.6 Å². The molecule has 0 saturated heterocycles. The first-order chi connectivity index (χ1) is 10.4. The van der Waals surface area contributed by atoms with Crippen molar-refractivity contribution in [1.82, 2.24) is 15.2 Å². The Hall–Kier alpha value is -2.07. The number of alkyl halides is 3. The molecule has 4 N–H and O–H groups in total. The molecule has 2 aromatic rings. The summed E-state index contributed by atoms with van der Waals surface area (Å²) in [5, 5.41) is 8.53. The van der Waals surface area contributed by atoms with Crippen LogP contribution in [0.1, 0.15) is 33.9 Å². The molecule has 1 aliphatic heterocycles. The van der Waals surface area contributed by atoms with E-state index < -0.39 is 24.2 Å². The van der Waals surface area contributed by atoms with Crippen molar-refractivity contribution in [3.8, 4) is 0 Å². The van der Waals surface area contributed by atoms with Gasteiger partial charge >= 0.3 is 6.18 Å². The number of aromatic nitrogens is 2. The summed E-state index contributed by atoms with van der Waals surface area (Å²) in [4.78, 5) is 12.3. The fourth-order valence-electron chi connectivity index (χ4n) is 2.43. The Balaban J connectivity index is 2.01. The van der Waals surface area contributed by atoms with Crippen LogP contribution in [-0.4, -0.2) is 21.9 Å². The fraction of sp³-hybridized carbons (Fsp3) is 0.333. The number of hydrogen-bond acceptors (Lipinski definition) is 5. The number of nitrogens with one attached hydrogen (secondary N) is 2. The van der Waals surface area contributed by atoms with Gasteiger partial charge in [0.2, 0.25) is 0 Å². The summed E-state index contributed by atoms with van der Waals surface area (Å²) in [5.41, 5.74) is 1.70. The number of amides is 1. The van der Waals surface area contributed by atoms with Crippen molar-refractivity contribution in [3.63, 3.8) is 0 Å². The van der Waals surface area contributed by atoms with Crippen molar-refractivity contribution in [2.75, 3.05) is 5.32 Å². The first-order valence-corrected chi connectivity index (χ1v) is 7.25. The zero-order valence-corrected chi connectivity index (χ0v) is 11.9. The second kappa shape index (κ2) is 5.29. The van der Waals surface area contributed by atoms with E-state index in [-0.39, 0.29) is 17.9 Å². The van der Waals surface area contributed by atoms with Gasteiger partial charge in [-0.2, -0.15) is 18.3 Å². The molecule has 0 fully saturated rings. The molecule has 0 spiro atoms. The van der Waals surface area contributed by atoms with Gasteiger partial charge < -0.3 is 5.32 Å². The van der Waals surface area contributed by atoms with Gasteiger partial charge in [0.1, 0.15) is 5.82 Å². The molecule has 0 unspecified atom stereocenters. The van der Waals surface area contributed by atoms with E-state index in [0.717, 1.165) is 9.56 Å². The van der Waals surface area contributed by atoms with E-state index in [9.17, 15) is 18.0 Å². The third-order valence-corrected chi connectivity index (χ3v) is 4.43. The molecule has 0 saturated carbocycles. The van der Waals surface area contributed by atoms with E-state index >= 15 is 0 Å². The number of thiophene rings is 1. The molecule has 1 aliphatic rings. The highest BCUT2D eigenvalue weighted by Gasteiger charge is 2.46. The van der Waals surface area contributed by atoms with Crippen LogP contribution in [-0.2, 0) is 0 Å². The maximum Gasteiger partial charge on any atom is 0.410 e. The predicted octanol–water partition coefficient (Wildman–Crippen LogP) is 2.21. The average Bonchev–Trinajstić information content (AvgIpc) is 3.12. The number of carbonyl (C=O) groups is 1. The normalized spacial score (nSPS) is 21.1. The summed E-state index contributed by atoms with van der Waals surface area (Å²) in [5.74, 6) is 4.40. The minimum atomic E-state index is -4.46. The number of nitrogens with two attached hydrogens (primary N) is 1. The summed E-state index contributed by atoms with van der Waals surface area (Å²) in [7, 11) is 0. The van der Waals surface area contributed by atoms with Crippen LogP contribution in [0.25, 0.3) is 0 Å². The Labute approximate surface area is 127 Å². The molecule has 2 aromatic heterocycles. The van der Waals surface area contributed by atoms with E-state index in [1.807, 2.05) is 5.43 Å². The van der Waals surface area contributed by atoms with Crippen molar-refractivity contribution in [3.05, 3.63) is 34.2 Å². The van der Waals surface area contributed by atoms with E-state index in [2.05, 4.69) is 10.4 Å². The van der Waals surface area contributed by atoms with Gasteiger partial charge in [-0.1, -0.05) is 6.07 Å². The first kappa shape index (κ1) is 14.9. The number of anilines is 1. The maximum atomic E-state index is 13.3. The Morgan fingerprint density at radius 1 is 1.55 bits per heavy atom. The van der Waals surface area contributed by atoms with Crippen LogP contribution >= 0.6 is 11.3 Å². The van der Waals surface area contributed by atoms with Crippen molar-refractivity contribution in [2.24, 2.45) is 5.84 Å². The zero-order valence-electron chi connectivity index (χ0n) is 11.1. The summed E-state index contributed by atoms with van der Waals surface area (Å²) in [6, 6.07) is 2.54. The maximum absolute atomic E-state index is 13.3. The molecule has 2 atom stereocenters. The molecule has 1 amide bonds. The number of hydrazine groups is 1. The third-order valence-electron chi connectivity index (χ3n) is 3.44. The quantitative estimate of drug-likeness (QED) is 0.447. The molecule has 0 bridgehead atoms. The van der Waals surface area contributed by atoms with Gasteiger partial charge in [-0.15, -0.1) is 11.3 Å². The van der Waals surface area contributed by atoms with Crippen molar-refractivity contribution in [1.29, 1.82) is 0 Å². The predicted molar refractivity (Wildman–Crippen MR) is 74.3 cm³/mol. The number of halogens is 3. The molecule has 118 valence electrons. The number of rotatable bonds is 2. The average molecular weight is 331 g/mol.